The fraction of sp³-hybridized carbons (Fsp3) is 0.917. The maximum atomic E-state index is 11.5. The Hall–Kier alpha value is -0.650. The maximum absolute atomic E-state index is 11.5. The van der Waals surface area contributed by atoms with Gasteiger partial charge in [0.2, 0.25) is 5.91 Å². The smallest absolute Gasteiger partial charge is 0.233 e. The molecule has 0 aromatic carbocycles. The molecule has 1 aliphatic heterocycles. The Morgan fingerprint density at radius 2 is 2.29 bits per heavy atom. The number of hydrogen-bond acceptors (Lipinski definition) is 4. The van der Waals surface area contributed by atoms with Crippen molar-refractivity contribution in [1.29, 1.82) is 0 Å². The zero-order valence-corrected chi connectivity index (χ0v) is 11.0. The summed E-state index contributed by atoms with van der Waals surface area (Å²) in [6, 6.07) is 0. The van der Waals surface area contributed by atoms with E-state index in [9.17, 15) is 4.79 Å². The largest absolute Gasteiger partial charge is 0.378 e. The zero-order chi connectivity index (χ0) is 12.7. The number of carbonyl (C=O) groups is 1. The lowest BCUT2D eigenvalue weighted by Crippen LogP contribution is -2.46. The molecule has 5 heteroatoms. The summed E-state index contributed by atoms with van der Waals surface area (Å²) in [4.78, 5) is 11.5. The summed E-state index contributed by atoms with van der Waals surface area (Å²) in [6.45, 7) is 7.18. The fourth-order valence-electron chi connectivity index (χ4n) is 1.75. The van der Waals surface area contributed by atoms with Crippen LogP contribution in [0.1, 0.15) is 20.3 Å². The molecule has 0 aromatic heterocycles. The topological polar surface area (TPSA) is 59.6 Å². The van der Waals surface area contributed by atoms with Gasteiger partial charge in [-0.2, -0.15) is 0 Å². The fourth-order valence-corrected chi connectivity index (χ4v) is 1.75. The van der Waals surface area contributed by atoms with E-state index in [2.05, 4.69) is 24.5 Å². The molecule has 1 rings (SSSR count). The van der Waals surface area contributed by atoms with Gasteiger partial charge in [0, 0.05) is 33.2 Å². The molecule has 1 aliphatic rings. The van der Waals surface area contributed by atoms with Crippen LogP contribution in [0, 0.1) is 5.92 Å². The van der Waals surface area contributed by atoms with Crippen LogP contribution in [0.3, 0.4) is 0 Å². The number of carbonyl (C=O) groups excluding carboxylic acids is 1. The van der Waals surface area contributed by atoms with Crippen LogP contribution >= 0.6 is 0 Å². The molecule has 0 saturated carbocycles. The highest BCUT2D eigenvalue weighted by Crippen LogP contribution is 2.21. The third-order valence-electron chi connectivity index (χ3n) is 2.94. The van der Waals surface area contributed by atoms with Crippen molar-refractivity contribution < 1.29 is 14.3 Å². The average molecular weight is 244 g/mol. The van der Waals surface area contributed by atoms with Gasteiger partial charge in [-0.05, 0) is 5.92 Å². The van der Waals surface area contributed by atoms with Gasteiger partial charge in [0.1, 0.15) is 5.60 Å². The van der Waals surface area contributed by atoms with E-state index in [0.29, 0.717) is 25.6 Å². The summed E-state index contributed by atoms with van der Waals surface area (Å²) < 4.78 is 10.8. The van der Waals surface area contributed by atoms with Crippen molar-refractivity contribution in [2.24, 2.45) is 5.92 Å². The molecule has 100 valence electrons. The van der Waals surface area contributed by atoms with E-state index in [0.717, 1.165) is 19.6 Å². The van der Waals surface area contributed by atoms with Crippen molar-refractivity contribution in [3.8, 4) is 0 Å². The van der Waals surface area contributed by atoms with Gasteiger partial charge in [0.05, 0.1) is 13.2 Å². The molecule has 0 spiro atoms. The van der Waals surface area contributed by atoms with E-state index >= 15 is 0 Å². The van der Waals surface area contributed by atoms with Gasteiger partial charge < -0.3 is 20.1 Å². The van der Waals surface area contributed by atoms with Gasteiger partial charge in [0.25, 0.3) is 0 Å². The molecular formula is C12H24N2O3. The van der Waals surface area contributed by atoms with Gasteiger partial charge >= 0.3 is 0 Å². The van der Waals surface area contributed by atoms with Crippen LogP contribution in [0.5, 0.6) is 0 Å². The number of nitrogens with one attached hydrogen (secondary N) is 2. The minimum absolute atomic E-state index is 0.0314. The highest BCUT2D eigenvalue weighted by atomic mass is 16.5. The molecule has 1 amide bonds. The normalized spacial score (nSPS) is 24.2. The molecule has 5 nitrogen and oxygen atoms in total. The minimum atomic E-state index is -0.252. The first kappa shape index (κ1) is 14.4. The van der Waals surface area contributed by atoms with E-state index < -0.39 is 0 Å². The first-order valence-electron chi connectivity index (χ1n) is 6.18. The van der Waals surface area contributed by atoms with Crippen LogP contribution in [0.4, 0.5) is 0 Å². The molecule has 2 N–H and O–H groups in total. The second kappa shape index (κ2) is 6.93. The van der Waals surface area contributed by atoms with Crippen LogP contribution in [0.2, 0.25) is 0 Å². The van der Waals surface area contributed by atoms with Crippen LogP contribution in [-0.2, 0) is 14.3 Å². The molecular weight excluding hydrogens is 220 g/mol. The Morgan fingerprint density at radius 1 is 1.53 bits per heavy atom. The monoisotopic (exact) mass is 244 g/mol. The van der Waals surface area contributed by atoms with Crippen LogP contribution < -0.4 is 10.6 Å². The molecule has 0 aliphatic carbocycles. The molecule has 1 saturated heterocycles. The Kier molecular flexibility index (Phi) is 5.88. The average Bonchev–Trinajstić information content (AvgIpc) is 2.76. The second-order valence-corrected chi connectivity index (χ2v) is 4.99. The van der Waals surface area contributed by atoms with Crippen molar-refractivity contribution in [2.45, 2.75) is 25.9 Å². The van der Waals surface area contributed by atoms with E-state index in [-0.39, 0.29) is 11.5 Å². The predicted molar refractivity (Wildman–Crippen MR) is 65.9 cm³/mol. The van der Waals surface area contributed by atoms with Crippen LogP contribution in [-0.4, -0.2) is 51.5 Å². The lowest BCUT2D eigenvalue weighted by molar-refractivity contribution is -0.120. The van der Waals surface area contributed by atoms with Crippen molar-refractivity contribution >= 4 is 5.91 Å². The standard InChI is InChI=1S/C12H24N2O3/c1-10(2)6-14-11(15)7-13-8-12(16-3)4-5-17-9-12/h10,13H,4-9H2,1-3H3,(H,14,15). The summed E-state index contributed by atoms with van der Waals surface area (Å²) in [7, 11) is 1.69. The lowest BCUT2D eigenvalue weighted by atomic mass is 10.0. The summed E-state index contributed by atoms with van der Waals surface area (Å²) in [5, 5.41) is 5.99. The summed E-state index contributed by atoms with van der Waals surface area (Å²) in [5.41, 5.74) is -0.252. The Morgan fingerprint density at radius 3 is 2.82 bits per heavy atom. The molecule has 1 atom stereocenters. The Balaban J connectivity index is 2.16. The summed E-state index contributed by atoms with van der Waals surface area (Å²) in [6.07, 6.45) is 0.879. The van der Waals surface area contributed by atoms with E-state index in [1.165, 1.54) is 0 Å². The second-order valence-electron chi connectivity index (χ2n) is 4.99. The third kappa shape index (κ3) is 5.02. The number of rotatable bonds is 7. The quantitative estimate of drug-likeness (QED) is 0.669. The molecule has 0 bridgehead atoms. The van der Waals surface area contributed by atoms with E-state index in [1.807, 2.05) is 0 Å². The van der Waals surface area contributed by atoms with Crippen molar-refractivity contribution in [2.75, 3.05) is 40.0 Å². The number of methoxy groups -OCH3 is 1. The van der Waals surface area contributed by atoms with Gasteiger partial charge in [-0.15, -0.1) is 0 Å². The Bertz CT molecular complexity index is 238. The highest BCUT2D eigenvalue weighted by molar-refractivity contribution is 5.77. The maximum Gasteiger partial charge on any atom is 0.233 e. The summed E-state index contributed by atoms with van der Waals surface area (Å²) in [5.74, 6) is 0.511. The first-order valence-corrected chi connectivity index (χ1v) is 6.18. The summed E-state index contributed by atoms with van der Waals surface area (Å²) >= 11 is 0. The highest BCUT2D eigenvalue weighted by Gasteiger charge is 2.34. The number of hydrogen-bond donors (Lipinski definition) is 2. The van der Waals surface area contributed by atoms with E-state index in [4.69, 9.17) is 9.47 Å². The lowest BCUT2D eigenvalue weighted by Gasteiger charge is -2.25. The van der Waals surface area contributed by atoms with Crippen molar-refractivity contribution in [1.82, 2.24) is 10.6 Å². The first-order chi connectivity index (χ1) is 8.08. The third-order valence-corrected chi connectivity index (χ3v) is 2.94. The van der Waals surface area contributed by atoms with E-state index in [1.54, 1.807) is 7.11 Å². The predicted octanol–water partition coefficient (Wildman–Crippen LogP) is 0.154. The van der Waals surface area contributed by atoms with Crippen LogP contribution in [0.15, 0.2) is 0 Å². The van der Waals surface area contributed by atoms with Gasteiger partial charge in [-0.25, -0.2) is 0 Å². The van der Waals surface area contributed by atoms with Gasteiger partial charge in [0.15, 0.2) is 0 Å². The minimum Gasteiger partial charge on any atom is -0.378 e. The Labute approximate surface area is 103 Å². The SMILES string of the molecule is COC1(CNCC(=O)NCC(C)C)CCOC1. The zero-order valence-electron chi connectivity index (χ0n) is 11.0. The molecule has 0 aromatic rings. The molecule has 1 unspecified atom stereocenters. The molecule has 1 fully saturated rings. The molecule has 0 radical (unpaired) electrons. The van der Waals surface area contributed by atoms with Crippen molar-refractivity contribution in [3.63, 3.8) is 0 Å². The number of ether oxygens (including phenoxy) is 2. The van der Waals surface area contributed by atoms with Gasteiger partial charge in [-0.1, -0.05) is 13.8 Å². The van der Waals surface area contributed by atoms with Crippen LogP contribution in [0.25, 0.3) is 0 Å². The van der Waals surface area contributed by atoms with Crippen molar-refractivity contribution in [3.05, 3.63) is 0 Å². The molecule has 17 heavy (non-hydrogen) atoms. The van der Waals surface area contributed by atoms with Gasteiger partial charge in [-0.3, -0.25) is 4.79 Å². The number of amides is 1. The molecule has 1 heterocycles.